The van der Waals surface area contributed by atoms with Crippen LogP contribution in [-0.4, -0.2) is 47.8 Å². The molecular weight excluding hydrogens is 340 g/mol. The molecule has 0 amide bonds. The fourth-order valence-electron chi connectivity index (χ4n) is 4.17. The Morgan fingerprint density at radius 2 is 1.85 bits per heavy atom. The maximum Gasteiger partial charge on any atom is 0.154 e. The highest BCUT2D eigenvalue weighted by Crippen LogP contribution is 2.39. The quantitative estimate of drug-likeness (QED) is 0.768. The van der Waals surface area contributed by atoms with Gasteiger partial charge in [0.2, 0.25) is 0 Å². The van der Waals surface area contributed by atoms with Crippen LogP contribution < -0.4 is 4.90 Å². The molecule has 4 nitrogen and oxygen atoms in total. The molecule has 1 saturated heterocycles. The molecule has 2 aliphatic rings. The first-order chi connectivity index (χ1) is 12.9. The maximum absolute atomic E-state index is 4.71. The molecule has 3 aromatic rings. The molecule has 0 atom stereocenters. The first-order valence-corrected chi connectivity index (χ1v) is 10.4. The lowest BCUT2D eigenvalue weighted by atomic mass is 9.96. The van der Waals surface area contributed by atoms with Gasteiger partial charge in [0, 0.05) is 38.3 Å². The third kappa shape index (κ3) is 2.95. The van der Waals surface area contributed by atoms with E-state index in [0.29, 0.717) is 0 Å². The number of hydrogen-bond acceptors (Lipinski definition) is 4. The number of rotatable bonds is 4. The zero-order chi connectivity index (χ0) is 17.3. The molecule has 1 fully saturated rings. The lowest BCUT2D eigenvalue weighted by Crippen LogP contribution is -2.47. The summed E-state index contributed by atoms with van der Waals surface area (Å²) in [6.45, 7) is 5.54. The number of aromatic nitrogens is 2. The highest BCUT2D eigenvalue weighted by atomic mass is 32.1. The smallest absolute Gasteiger partial charge is 0.154 e. The Labute approximate surface area is 158 Å². The van der Waals surface area contributed by atoms with E-state index in [9.17, 15) is 0 Å². The molecule has 0 spiro atoms. The van der Waals surface area contributed by atoms with Gasteiger partial charge in [-0.3, -0.25) is 10.00 Å². The number of thiophene rings is 1. The van der Waals surface area contributed by atoms with E-state index in [-0.39, 0.29) is 0 Å². The zero-order valence-electron chi connectivity index (χ0n) is 14.9. The number of anilines is 1. The number of aromatic amines is 1. The number of hydrogen-bond donors (Lipinski definition) is 1. The summed E-state index contributed by atoms with van der Waals surface area (Å²) in [7, 11) is 0. The first kappa shape index (κ1) is 16.1. The highest BCUT2D eigenvalue weighted by molar-refractivity contribution is 7.13. The minimum absolute atomic E-state index is 1.07. The molecule has 134 valence electrons. The Morgan fingerprint density at radius 3 is 2.69 bits per heavy atom. The van der Waals surface area contributed by atoms with E-state index in [2.05, 4.69) is 56.7 Å². The lowest BCUT2D eigenvalue weighted by molar-refractivity contribution is 0.260. The molecule has 0 radical (unpaired) electrons. The van der Waals surface area contributed by atoms with Crippen LogP contribution >= 0.6 is 11.3 Å². The van der Waals surface area contributed by atoms with Gasteiger partial charge in [0.25, 0.3) is 0 Å². The monoisotopic (exact) mass is 364 g/mol. The van der Waals surface area contributed by atoms with Crippen molar-refractivity contribution in [1.82, 2.24) is 15.1 Å². The molecule has 1 aromatic carbocycles. The molecule has 3 heterocycles. The van der Waals surface area contributed by atoms with Gasteiger partial charge in [-0.15, -0.1) is 11.3 Å². The highest BCUT2D eigenvalue weighted by Gasteiger charge is 2.27. The van der Waals surface area contributed by atoms with Crippen LogP contribution in [0.25, 0.3) is 10.6 Å². The topological polar surface area (TPSA) is 35.2 Å². The van der Waals surface area contributed by atoms with E-state index in [1.54, 1.807) is 0 Å². The molecule has 0 unspecified atom stereocenters. The Bertz CT molecular complexity index is 875. The Hall–Kier alpha value is -2.11. The summed E-state index contributed by atoms with van der Waals surface area (Å²) in [6, 6.07) is 13.1. The third-order valence-corrected chi connectivity index (χ3v) is 6.67. The number of fused-ring (bicyclic) bond motifs is 3. The lowest BCUT2D eigenvalue weighted by Gasteiger charge is -2.35. The Kier molecular flexibility index (Phi) is 4.27. The molecule has 26 heavy (non-hydrogen) atoms. The van der Waals surface area contributed by atoms with Gasteiger partial charge >= 0.3 is 0 Å². The largest absolute Gasteiger partial charge is 0.352 e. The summed E-state index contributed by atoms with van der Waals surface area (Å²) < 4.78 is 0. The maximum atomic E-state index is 4.71. The normalized spacial score (nSPS) is 17.2. The van der Waals surface area contributed by atoms with Crippen LogP contribution in [0.3, 0.4) is 0 Å². The predicted molar refractivity (Wildman–Crippen MR) is 108 cm³/mol. The molecule has 1 aliphatic carbocycles. The molecule has 5 heteroatoms. The summed E-state index contributed by atoms with van der Waals surface area (Å²) >= 11 is 1.83. The number of nitrogens with one attached hydrogen (secondary N) is 1. The second-order valence-electron chi connectivity index (χ2n) is 7.24. The van der Waals surface area contributed by atoms with Gasteiger partial charge in [0.1, 0.15) is 0 Å². The zero-order valence-corrected chi connectivity index (χ0v) is 15.8. The minimum Gasteiger partial charge on any atom is -0.352 e. The van der Waals surface area contributed by atoms with Crippen molar-refractivity contribution in [3.05, 3.63) is 58.5 Å². The predicted octanol–water partition coefficient (Wildman–Crippen LogP) is 3.60. The summed E-state index contributed by atoms with van der Waals surface area (Å²) in [5.41, 5.74) is 5.60. The van der Waals surface area contributed by atoms with E-state index in [0.717, 1.165) is 52.0 Å². The number of nitrogens with zero attached hydrogens (tertiary/aromatic N) is 3. The molecule has 1 aliphatic heterocycles. The van der Waals surface area contributed by atoms with Crippen molar-refractivity contribution in [3.8, 4) is 10.6 Å². The van der Waals surface area contributed by atoms with Crippen molar-refractivity contribution < 1.29 is 0 Å². The Morgan fingerprint density at radius 1 is 1.00 bits per heavy atom. The van der Waals surface area contributed by atoms with Crippen molar-refractivity contribution in [2.75, 3.05) is 37.6 Å². The fourth-order valence-corrected chi connectivity index (χ4v) is 5.15. The SMILES string of the molecule is c1ccc(CCN2CCN(c3n[nH]c4c3CCc3ccsc3-4)CC2)cc1. The van der Waals surface area contributed by atoms with Crippen LogP contribution in [0.1, 0.15) is 16.7 Å². The van der Waals surface area contributed by atoms with Crippen LogP contribution in [-0.2, 0) is 19.3 Å². The van der Waals surface area contributed by atoms with Gasteiger partial charge in [-0.1, -0.05) is 30.3 Å². The van der Waals surface area contributed by atoms with Crippen LogP contribution in [0.5, 0.6) is 0 Å². The fraction of sp³-hybridized carbons (Fsp3) is 0.381. The van der Waals surface area contributed by atoms with Crippen molar-refractivity contribution in [1.29, 1.82) is 0 Å². The average molecular weight is 365 g/mol. The number of benzene rings is 1. The number of aryl methyl sites for hydroxylation is 1. The number of H-pyrrole nitrogens is 1. The third-order valence-electron chi connectivity index (χ3n) is 5.69. The average Bonchev–Trinajstić information content (AvgIpc) is 3.34. The van der Waals surface area contributed by atoms with Crippen molar-refractivity contribution in [3.63, 3.8) is 0 Å². The molecule has 0 saturated carbocycles. The van der Waals surface area contributed by atoms with Gasteiger partial charge in [-0.2, -0.15) is 5.10 Å². The number of piperazine rings is 1. The second kappa shape index (κ2) is 6.89. The van der Waals surface area contributed by atoms with E-state index in [4.69, 9.17) is 5.10 Å². The summed E-state index contributed by atoms with van der Waals surface area (Å²) in [6.07, 6.45) is 3.40. The van der Waals surface area contributed by atoms with E-state index in [1.165, 1.54) is 33.1 Å². The van der Waals surface area contributed by atoms with Crippen molar-refractivity contribution in [2.24, 2.45) is 0 Å². The van der Waals surface area contributed by atoms with Crippen molar-refractivity contribution in [2.45, 2.75) is 19.3 Å². The second-order valence-corrected chi connectivity index (χ2v) is 8.16. The van der Waals surface area contributed by atoms with E-state index in [1.807, 2.05) is 11.3 Å². The van der Waals surface area contributed by atoms with Gasteiger partial charge in [0.15, 0.2) is 5.82 Å². The van der Waals surface area contributed by atoms with Crippen LogP contribution in [0.2, 0.25) is 0 Å². The minimum atomic E-state index is 1.07. The van der Waals surface area contributed by atoms with Gasteiger partial charge in [-0.25, -0.2) is 0 Å². The van der Waals surface area contributed by atoms with Crippen LogP contribution in [0.15, 0.2) is 41.8 Å². The van der Waals surface area contributed by atoms with Gasteiger partial charge in [-0.05, 0) is 41.8 Å². The van der Waals surface area contributed by atoms with Crippen molar-refractivity contribution >= 4 is 17.2 Å². The summed E-state index contributed by atoms with van der Waals surface area (Å²) in [5.74, 6) is 1.20. The molecule has 5 rings (SSSR count). The first-order valence-electron chi connectivity index (χ1n) is 9.54. The van der Waals surface area contributed by atoms with E-state index < -0.39 is 0 Å². The van der Waals surface area contributed by atoms with E-state index >= 15 is 0 Å². The van der Waals surface area contributed by atoms with Crippen LogP contribution in [0, 0.1) is 0 Å². The summed E-state index contributed by atoms with van der Waals surface area (Å²) in [4.78, 5) is 6.46. The molecule has 2 aromatic heterocycles. The van der Waals surface area contributed by atoms with Gasteiger partial charge < -0.3 is 4.90 Å². The Balaban J connectivity index is 1.23. The summed E-state index contributed by atoms with van der Waals surface area (Å²) in [5, 5.41) is 10.2. The molecule has 0 bridgehead atoms. The van der Waals surface area contributed by atoms with Gasteiger partial charge in [0.05, 0.1) is 10.6 Å². The molecule has 1 N–H and O–H groups in total. The van der Waals surface area contributed by atoms with Crippen LogP contribution in [0.4, 0.5) is 5.82 Å². The molecular formula is C21H24N4S. The standard InChI is InChI=1S/C21H24N4S/c1-2-4-16(5-3-1)8-10-24-11-13-25(14-12-24)21-18-7-6-17-9-15-26-20(17)19(18)22-23-21/h1-5,9,15H,6-8,10-14H2,(H,22,23).